The van der Waals surface area contributed by atoms with Crippen LogP contribution in [0, 0.1) is 0 Å². The van der Waals surface area contributed by atoms with Gasteiger partial charge < -0.3 is 10.2 Å². The van der Waals surface area contributed by atoms with Crippen LogP contribution < -0.4 is 10.2 Å². The zero-order valence-corrected chi connectivity index (χ0v) is 16.3. The van der Waals surface area contributed by atoms with Crippen molar-refractivity contribution in [3.05, 3.63) is 52.6 Å². The second-order valence-corrected chi connectivity index (χ2v) is 8.90. The molecule has 5 nitrogen and oxygen atoms in total. The normalized spacial score (nSPS) is 20.8. The Morgan fingerprint density at radius 1 is 1.28 bits per heavy atom. The van der Waals surface area contributed by atoms with Crippen molar-refractivity contribution in [3.63, 3.8) is 0 Å². The maximum atomic E-state index is 12.7. The highest BCUT2D eigenvalue weighted by atomic mass is 79.9. The molecule has 0 saturated carbocycles. The zero-order chi connectivity index (χ0) is 17.8. The molecule has 1 saturated heterocycles. The number of carbonyl (C=O) groups is 1. The van der Waals surface area contributed by atoms with Gasteiger partial charge in [0.05, 0.1) is 5.56 Å². The molecule has 1 N–H and O–H groups in total. The van der Waals surface area contributed by atoms with Crippen LogP contribution in [0.25, 0.3) is 0 Å². The maximum Gasteiger partial charge on any atom is 0.259 e. The lowest BCUT2D eigenvalue weighted by molar-refractivity contribution is 0.102. The number of hydrogen-bond donors (Lipinski definition) is 1. The summed E-state index contributed by atoms with van der Waals surface area (Å²) in [5, 5.41) is 3.09. The average Bonchev–Trinajstić information content (AvgIpc) is 2.79. The van der Waals surface area contributed by atoms with Crippen molar-refractivity contribution in [1.29, 1.82) is 0 Å². The van der Waals surface area contributed by atoms with E-state index in [2.05, 4.69) is 31.1 Å². The van der Waals surface area contributed by atoms with E-state index in [9.17, 15) is 9.00 Å². The molecule has 1 fully saturated rings. The minimum atomic E-state index is -0.822. The predicted molar refractivity (Wildman–Crippen MR) is 106 cm³/mol. The van der Waals surface area contributed by atoms with Crippen LogP contribution >= 0.6 is 15.9 Å². The Balaban J connectivity index is 1.81. The van der Waals surface area contributed by atoms with Crippen LogP contribution in [0.4, 0.5) is 11.5 Å². The monoisotopic (exact) mass is 421 g/mol. The van der Waals surface area contributed by atoms with Crippen LogP contribution in [0.15, 0.2) is 47.1 Å². The number of rotatable bonds is 3. The van der Waals surface area contributed by atoms with Crippen LogP contribution in [0.5, 0.6) is 0 Å². The van der Waals surface area contributed by atoms with Crippen molar-refractivity contribution in [2.75, 3.05) is 29.1 Å². The molecule has 0 spiro atoms. The molecule has 25 heavy (non-hydrogen) atoms. The highest BCUT2D eigenvalue weighted by Crippen LogP contribution is 2.22. The lowest BCUT2D eigenvalue weighted by Gasteiger charge is -2.23. The number of aromatic nitrogens is 1. The Labute approximate surface area is 158 Å². The van der Waals surface area contributed by atoms with Gasteiger partial charge in [-0.3, -0.25) is 9.00 Å². The van der Waals surface area contributed by atoms with E-state index in [1.54, 1.807) is 18.3 Å². The van der Waals surface area contributed by atoms with Gasteiger partial charge in [-0.05, 0) is 42.8 Å². The SMILES string of the molecule is CC1CCN(c2ncccc2C(=O)Nc2ccc(Br)cc2)CCS1=O. The molecule has 2 unspecified atom stereocenters. The zero-order valence-electron chi connectivity index (χ0n) is 13.9. The molecule has 1 aliphatic rings. The third-order valence-corrected chi connectivity index (χ3v) is 6.50. The molecular weight excluding hydrogens is 402 g/mol. The van der Waals surface area contributed by atoms with Crippen molar-refractivity contribution in [3.8, 4) is 0 Å². The first kappa shape index (κ1) is 18.1. The summed E-state index contributed by atoms with van der Waals surface area (Å²) in [7, 11) is -0.822. The molecule has 3 rings (SSSR count). The molecular formula is C18H20BrN3O2S. The van der Waals surface area contributed by atoms with E-state index in [-0.39, 0.29) is 11.2 Å². The smallest absolute Gasteiger partial charge is 0.259 e. The number of pyridine rings is 1. The molecule has 1 aromatic carbocycles. The van der Waals surface area contributed by atoms with Gasteiger partial charge in [0, 0.05) is 51.2 Å². The lowest BCUT2D eigenvalue weighted by atomic mass is 10.2. The van der Waals surface area contributed by atoms with E-state index >= 15 is 0 Å². The summed E-state index contributed by atoms with van der Waals surface area (Å²) in [5.74, 6) is 1.07. The lowest BCUT2D eigenvalue weighted by Crippen LogP contribution is -2.29. The predicted octanol–water partition coefficient (Wildman–Crippen LogP) is 3.44. The van der Waals surface area contributed by atoms with Crippen LogP contribution in [0.1, 0.15) is 23.7 Å². The van der Waals surface area contributed by atoms with Crippen molar-refractivity contribution in [1.82, 2.24) is 4.98 Å². The van der Waals surface area contributed by atoms with Crippen molar-refractivity contribution < 1.29 is 9.00 Å². The Morgan fingerprint density at radius 2 is 2.04 bits per heavy atom. The van der Waals surface area contributed by atoms with Gasteiger partial charge >= 0.3 is 0 Å². The van der Waals surface area contributed by atoms with Gasteiger partial charge in [0.1, 0.15) is 5.82 Å². The van der Waals surface area contributed by atoms with Gasteiger partial charge in [0.2, 0.25) is 0 Å². The minimum absolute atomic E-state index is 0.175. The third kappa shape index (κ3) is 4.46. The quantitative estimate of drug-likeness (QED) is 0.823. The van der Waals surface area contributed by atoms with Crippen molar-refractivity contribution in [2.24, 2.45) is 0 Å². The fourth-order valence-electron chi connectivity index (χ4n) is 2.75. The molecule has 2 heterocycles. The second kappa shape index (κ2) is 8.10. The number of nitrogens with zero attached hydrogens (tertiary/aromatic N) is 2. The molecule has 0 radical (unpaired) electrons. The van der Waals surface area contributed by atoms with E-state index in [1.165, 1.54) is 0 Å². The van der Waals surface area contributed by atoms with Crippen molar-refractivity contribution >= 4 is 44.1 Å². The highest BCUT2D eigenvalue weighted by Gasteiger charge is 2.23. The summed E-state index contributed by atoms with van der Waals surface area (Å²) >= 11 is 3.38. The summed E-state index contributed by atoms with van der Waals surface area (Å²) in [6.07, 6.45) is 2.52. The molecule has 2 atom stereocenters. The summed E-state index contributed by atoms with van der Waals surface area (Å²) in [5.41, 5.74) is 1.26. The first-order chi connectivity index (χ1) is 12.0. The summed E-state index contributed by atoms with van der Waals surface area (Å²) in [6.45, 7) is 3.41. The number of carbonyl (C=O) groups excluding carboxylic acids is 1. The molecule has 7 heteroatoms. The largest absolute Gasteiger partial charge is 0.355 e. The van der Waals surface area contributed by atoms with Gasteiger partial charge in [-0.1, -0.05) is 22.9 Å². The van der Waals surface area contributed by atoms with Crippen LogP contribution in [-0.2, 0) is 10.8 Å². The van der Waals surface area contributed by atoms with Gasteiger partial charge in [0.15, 0.2) is 0 Å². The Hall–Kier alpha value is -1.73. The standard InChI is InChI=1S/C18H20BrN3O2S/c1-13-8-10-22(11-12-25(13)24)17-16(3-2-9-20-17)18(23)21-15-6-4-14(19)5-7-15/h2-7,9,13H,8,10-12H2,1H3,(H,21,23). The molecule has 1 amide bonds. The van der Waals surface area contributed by atoms with Crippen LogP contribution in [0.3, 0.4) is 0 Å². The average molecular weight is 422 g/mol. The van der Waals surface area contributed by atoms with E-state index in [1.807, 2.05) is 31.2 Å². The Bertz CT molecular complexity index is 782. The van der Waals surface area contributed by atoms with E-state index in [0.717, 1.165) is 23.1 Å². The van der Waals surface area contributed by atoms with Crippen molar-refractivity contribution in [2.45, 2.75) is 18.6 Å². The van der Waals surface area contributed by atoms with E-state index in [0.29, 0.717) is 23.7 Å². The van der Waals surface area contributed by atoms with Gasteiger partial charge in [-0.2, -0.15) is 0 Å². The highest BCUT2D eigenvalue weighted by molar-refractivity contribution is 9.10. The summed E-state index contributed by atoms with van der Waals surface area (Å²) in [6, 6.07) is 11.0. The molecule has 0 aliphatic carbocycles. The number of hydrogen-bond acceptors (Lipinski definition) is 4. The fourth-order valence-corrected chi connectivity index (χ4v) is 4.19. The molecule has 132 valence electrons. The molecule has 2 aromatic rings. The minimum Gasteiger partial charge on any atom is -0.355 e. The summed E-state index contributed by atoms with van der Waals surface area (Å²) in [4.78, 5) is 19.2. The number of anilines is 2. The summed E-state index contributed by atoms with van der Waals surface area (Å²) < 4.78 is 13.0. The first-order valence-corrected chi connectivity index (χ1v) is 10.4. The van der Waals surface area contributed by atoms with Crippen LogP contribution in [0.2, 0.25) is 0 Å². The molecule has 1 aromatic heterocycles. The number of amides is 1. The Morgan fingerprint density at radius 3 is 2.80 bits per heavy atom. The first-order valence-electron chi connectivity index (χ1n) is 8.18. The fraction of sp³-hybridized carbons (Fsp3) is 0.333. The van der Waals surface area contributed by atoms with E-state index < -0.39 is 10.8 Å². The number of benzene rings is 1. The topological polar surface area (TPSA) is 62.3 Å². The molecule has 1 aliphatic heterocycles. The third-order valence-electron chi connectivity index (χ3n) is 4.25. The van der Waals surface area contributed by atoms with Gasteiger partial charge in [0.25, 0.3) is 5.91 Å². The Kier molecular flexibility index (Phi) is 5.86. The van der Waals surface area contributed by atoms with Gasteiger partial charge in [-0.15, -0.1) is 0 Å². The van der Waals surface area contributed by atoms with Crippen LogP contribution in [-0.4, -0.2) is 39.2 Å². The second-order valence-electron chi connectivity index (χ2n) is 6.01. The molecule has 0 bridgehead atoms. The van der Waals surface area contributed by atoms with E-state index in [4.69, 9.17) is 0 Å². The number of halogens is 1. The van der Waals surface area contributed by atoms with Gasteiger partial charge in [-0.25, -0.2) is 4.98 Å². The maximum absolute atomic E-state index is 12.7. The number of nitrogens with one attached hydrogen (secondary N) is 1.